The van der Waals surface area contributed by atoms with Crippen molar-refractivity contribution in [3.63, 3.8) is 0 Å². The van der Waals surface area contributed by atoms with Gasteiger partial charge in [-0.15, -0.1) is 0 Å². The first-order valence-electron chi connectivity index (χ1n) is 9.25. The van der Waals surface area contributed by atoms with E-state index in [1.807, 2.05) is 18.2 Å². The molecule has 0 heterocycles. The van der Waals surface area contributed by atoms with Crippen molar-refractivity contribution in [2.24, 2.45) is 22.7 Å². The number of aliphatic hydroxyl groups is 1. The Morgan fingerprint density at radius 2 is 1.88 bits per heavy atom. The molecule has 2 saturated carbocycles. The third kappa shape index (κ3) is 3.11. The zero-order chi connectivity index (χ0) is 17.4. The van der Waals surface area contributed by atoms with Crippen LogP contribution in [0.2, 0.25) is 0 Å². The van der Waals surface area contributed by atoms with Crippen LogP contribution in [0.1, 0.15) is 63.2 Å². The van der Waals surface area contributed by atoms with Gasteiger partial charge in [-0.3, -0.25) is 0 Å². The highest BCUT2D eigenvalue weighted by atomic mass is 16.5. The first-order valence-corrected chi connectivity index (χ1v) is 9.25. The fourth-order valence-corrected chi connectivity index (χ4v) is 5.43. The molecule has 2 fully saturated rings. The van der Waals surface area contributed by atoms with Crippen LogP contribution in [0.3, 0.4) is 0 Å². The zero-order valence-electron chi connectivity index (χ0n) is 15.1. The Kier molecular flexibility index (Phi) is 4.74. The lowest BCUT2D eigenvalue weighted by molar-refractivity contribution is -0.137. The summed E-state index contributed by atoms with van der Waals surface area (Å²) in [5.74, 6) is 0.328. The van der Waals surface area contributed by atoms with Crippen molar-refractivity contribution in [3.05, 3.63) is 35.9 Å². The highest BCUT2D eigenvalue weighted by molar-refractivity contribution is 5.89. The minimum absolute atomic E-state index is 0.0310. The molecule has 0 amide bonds. The molecular weight excluding hydrogens is 300 g/mol. The van der Waals surface area contributed by atoms with Gasteiger partial charge in [-0.2, -0.15) is 0 Å². The van der Waals surface area contributed by atoms with Crippen molar-refractivity contribution in [1.29, 1.82) is 0 Å². The Labute approximate surface area is 145 Å². The Bertz CT molecular complexity index is 580. The van der Waals surface area contributed by atoms with E-state index in [1.165, 1.54) is 12.8 Å². The molecule has 1 aromatic rings. The summed E-state index contributed by atoms with van der Waals surface area (Å²) in [5.41, 5.74) is 0.930. The van der Waals surface area contributed by atoms with E-state index in [1.54, 1.807) is 12.1 Å². The Balaban J connectivity index is 1.74. The van der Waals surface area contributed by atoms with Crippen molar-refractivity contribution < 1.29 is 14.6 Å². The largest absolute Gasteiger partial charge is 0.462 e. The number of benzene rings is 1. The predicted molar refractivity (Wildman–Crippen MR) is 94.7 cm³/mol. The monoisotopic (exact) mass is 330 g/mol. The maximum atomic E-state index is 12.3. The molecule has 2 aliphatic carbocycles. The van der Waals surface area contributed by atoms with Gasteiger partial charge in [-0.1, -0.05) is 45.4 Å². The lowest BCUT2D eigenvalue weighted by Gasteiger charge is -2.58. The molecular formula is C21H30O3. The first-order chi connectivity index (χ1) is 11.3. The molecule has 0 spiro atoms. The normalized spacial score (nSPS) is 35.1. The molecule has 4 atom stereocenters. The third-order valence-corrected chi connectivity index (χ3v) is 6.74. The quantitative estimate of drug-likeness (QED) is 0.833. The molecule has 0 radical (unpaired) electrons. The van der Waals surface area contributed by atoms with Gasteiger partial charge in [0.25, 0.3) is 0 Å². The number of carbonyl (C=O) groups excluding carboxylic acids is 1. The predicted octanol–water partition coefficient (Wildman–Crippen LogP) is 4.45. The van der Waals surface area contributed by atoms with E-state index in [2.05, 4.69) is 20.8 Å². The summed E-state index contributed by atoms with van der Waals surface area (Å²) in [6.45, 7) is 7.35. The SMILES string of the molecule is CC1(C)CCC[C@@]2(C)[C@@H](COC(=O)c3ccccc3)[C@@H](O)CC[C@@H]12. The summed E-state index contributed by atoms with van der Waals surface area (Å²) in [5, 5.41) is 10.6. The minimum atomic E-state index is -0.372. The van der Waals surface area contributed by atoms with E-state index in [9.17, 15) is 9.90 Å². The fourth-order valence-electron chi connectivity index (χ4n) is 5.43. The van der Waals surface area contributed by atoms with Gasteiger partial charge in [0.2, 0.25) is 0 Å². The van der Waals surface area contributed by atoms with E-state index in [0.717, 1.165) is 19.3 Å². The van der Waals surface area contributed by atoms with E-state index in [4.69, 9.17) is 4.74 Å². The van der Waals surface area contributed by atoms with Crippen LogP contribution in [0, 0.1) is 22.7 Å². The topological polar surface area (TPSA) is 46.5 Å². The summed E-state index contributed by atoms with van der Waals surface area (Å²) in [6.07, 6.45) is 5.08. The molecule has 0 saturated heterocycles. The summed E-state index contributed by atoms with van der Waals surface area (Å²) >= 11 is 0. The van der Waals surface area contributed by atoms with Crippen LogP contribution in [0.25, 0.3) is 0 Å². The lowest BCUT2D eigenvalue weighted by atomic mass is 9.48. The van der Waals surface area contributed by atoms with Crippen molar-refractivity contribution in [3.8, 4) is 0 Å². The van der Waals surface area contributed by atoms with Crippen LogP contribution < -0.4 is 0 Å². The van der Waals surface area contributed by atoms with Crippen molar-refractivity contribution in [1.82, 2.24) is 0 Å². The molecule has 0 aliphatic heterocycles. The average Bonchev–Trinajstić information content (AvgIpc) is 2.54. The van der Waals surface area contributed by atoms with Crippen molar-refractivity contribution >= 4 is 5.97 Å². The highest BCUT2D eigenvalue weighted by Gasteiger charge is 2.54. The van der Waals surface area contributed by atoms with Crippen molar-refractivity contribution in [2.45, 2.75) is 59.0 Å². The van der Waals surface area contributed by atoms with Crippen LogP contribution >= 0.6 is 0 Å². The molecule has 0 bridgehead atoms. The number of aliphatic hydroxyl groups excluding tert-OH is 1. The number of carbonyl (C=O) groups is 1. The van der Waals surface area contributed by atoms with Crippen LogP contribution in [0.15, 0.2) is 30.3 Å². The standard InChI is InChI=1S/C21H30O3/c1-20(2)12-7-13-21(3)16(17(22)10-11-18(20)21)14-24-19(23)15-8-5-4-6-9-15/h4-6,8-9,16-18,22H,7,10-14H2,1-3H3/t16-,17-,18-,21-/m0/s1. The molecule has 0 aromatic heterocycles. The van der Waals surface area contributed by atoms with Crippen LogP contribution in [-0.4, -0.2) is 23.8 Å². The minimum Gasteiger partial charge on any atom is -0.462 e. The van der Waals surface area contributed by atoms with Gasteiger partial charge >= 0.3 is 5.97 Å². The van der Waals surface area contributed by atoms with Gasteiger partial charge in [-0.05, 0) is 54.6 Å². The second-order valence-electron chi connectivity index (χ2n) is 8.62. The Morgan fingerprint density at radius 1 is 1.17 bits per heavy atom. The smallest absolute Gasteiger partial charge is 0.338 e. The second kappa shape index (κ2) is 6.51. The Morgan fingerprint density at radius 3 is 2.58 bits per heavy atom. The van der Waals surface area contributed by atoms with Crippen LogP contribution in [0.4, 0.5) is 0 Å². The molecule has 3 heteroatoms. The molecule has 3 rings (SSSR count). The van der Waals surface area contributed by atoms with Gasteiger partial charge in [-0.25, -0.2) is 4.79 Å². The summed E-state index contributed by atoms with van der Waals surface area (Å²) in [6, 6.07) is 9.11. The Hall–Kier alpha value is -1.35. The maximum absolute atomic E-state index is 12.3. The second-order valence-corrected chi connectivity index (χ2v) is 8.62. The number of hydrogen-bond donors (Lipinski definition) is 1. The number of fused-ring (bicyclic) bond motifs is 1. The maximum Gasteiger partial charge on any atom is 0.338 e. The van der Waals surface area contributed by atoms with E-state index < -0.39 is 0 Å². The summed E-state index contributed by atoms with van der Waals surface area (Å²) in [7, 11) is 0. The third-order valence-electron chi connectivity index (χ3n) is 6.74. The highest BCUT2D eigenvalue weighted by Crippen LogP contribution is 2.59. The van der Waals surface area contributed by atoms with Gasteiger partial charge < -0.3 is 9.84 Å². The average molecular weight is 330 g/mol. The lowest BCUT2D eigenvalue weighted by Crippen LogP contribution is -2.54. The summed E-state index contributed by atoms with van der Waals surface area (Å²) < 4.78 is 5.62. The van der Waals surface area contributed by atoms with Gasteiger partial charge in [0.1, 0.15) is 0 Å². The number of esters is 1. The van der Waals surface area contributed by atoms with Crippen LogP contribution in [0.5, 0.6) is 0 Å². The molecule has 3 nitrogen and oxygen atoms in total. The van der Waals surface area contributed by atoms with Crippen molar-refractivity contribution in [2.75, 3.05) is 6.61 Å². The van der Waals surface area contributed by atoms with E-state index in [0.29, 0.717) is 23.5 Å². The number of ether oxygens (including phenoxy) is 1. The first kappa shape index (κ1) is 17.5. The van der Waals surface area contributed by atoms with Gasteiger partial charge in [0.05, 0.1) is 18.3 Å². The molecule has 0 unspecified atom stereocenters. The van der Waals surface area contributed by atoms with E-state index >= 15 is 0 Å². The molecule has 24 heavy (non-hydrogen) atoms. The van der Waals surface area contributed by atoms with Crippen LogP contribution in [-0.2, 0) is 4.74 Å². The number of hydrogen-bond acceptors (Lipinski definition) is 3. The number of rotatable bonds is 3. The molecule has 1 N–H and O–H groups in total. The fraction of sp³-hybridized carbons (Fsp3) is 0.667. The molecule has 1 aromatic carbocycles. The molecule has 2 aliphatic rings. The van der Waals surface area contributed by atoms with Gasteiger partial charge in [0, 0.05) is 5.92 Å². The summed E-state index contributed by atoms with van der Waals surface area (Å²) in [4.78, 5) is 12.3. The van der Waals surface area contributed by atoms with E-state index in [-0.39, 0.29) is 23.4 Å². The molecule has 132 valence electrons. The zero-order valence-corrected chi connectivity index (χ0v) is 15.1. The van der Waals surface area contributed by atoms with Gasteiger partial charge in [0.15, 0.2) is 0 Å².